The first-order chi connectivity index (χ1) is 11.5. The van der Waals surface area contributed by atoms with Crippen LogP contribution in [0.25, 0.3) is 0 Å². The van der Waals surface area contributed by atoms with E-state index in [9.17, 15) is 14.7 Å². The number of hydrogen-bond donors (Lipinski definition) is 2. The van der Waals surface area contributed by atoms with E-state index in [-0.39, 0.29) is 23.3 Å². The van der Waals surface area contributed by atoms with Gasteiger partial charge in [0.15, 0.2) is 6.61 Å². The largest absolute Gasteiger partial charge is 0.507 e. The Morgan fingerprint density at radius 2 is 1.79 bits per heavy atom. The molecular formula is C19H21NO4. The first-order valence-electron chi connectivity index (χ1n) is 7.82. The molecule has 0 fully saturated rings. The minimum Gasteiger partial charge on any atom is -0.507 e. The molecule has 0 aliphatic rings. The SMILES string of the molecule is CC[C@H](NC(=O)COC(=O)c1ccccc1O)c1ccc(C)cc1. The summed E-state index contributed by atoms with van der Waals surface area (Å²) in [6.45, 7) is 3.58. The van der Waals surface area contributed by atoms with Crippen molar-refractivity contribution in [3.63, 3.8) is 0 Å². The van der Waals surface area contributed by atoms with Gasteiger partial charge < -0.3 is 15.2 Å². The third-order valence-corrected chi connectivity index (χ3v) is 3.68. The van der Waals surface area contributed by atoms with E-state index in [2.05, 4.69) is 5.32 Å². The normalized spacial score (nSPS) is 11.6. The van der Waals surface area contributed by atoms with Crippen molar-refractivity contribution >= 4 is 11.9 Å². The van der Waals surface area contributed by atoms with Crippen LogP contribution in [-0.2, 0) is 9.53 Å². The average molecular weight is 327 g/mol. The van der Waals surface area contributed by atoms with E-state index < -0.39 is 12.6 Å². The summed E-state index contributed by atoms with van der Waals surface area (Å²) in [5.41, 5.74) is 2.19. The molecule has 5 nitrogen and oxygen atoms in total. The number of aromatic hydroxyl groups is 1. The van der Waals surface area contributed by atoms with Crippen LogP contribution in [0.15, 0.2) is 48.5 Å². The van der Waals surface area contributed by atoms with Gasteiger partial charge in [-0.2, -0.15) is 0 Å². The number of ether oxygens (including phenoxy) is 1. The third kappa shape index (κ3) is 4.59. The van der Waals surface area contributed by atoms with Crippen LogP contribution < -0.4 is 5.32 Å². The quantitative estimate of drug-likeness (QED) is 0.799. The van der Waals surface area contributed by atoms with Gasteiger partial charge in [0.1, 0.15) is 11.3 Å². The number of amides is 1. The molecule has 0 radical (unpaired) electrons. The van der Waals surface area contributed by atoms with Gasteiger partial charge in [-0.3, -0.25) is 4.79 Å². The van der Waals surface area contributed by atoms with Crippen LogP contribution in [0.3, 0.4) is 0 Å². The fourth-order valence-corrected chi connectivity index (χ4v) is 2.31. The van der Waals surface area contributed by atoms with E-state index in [1.165, 1.54) is 12.1 Å². The van der Waals surface area contributed by atoms with Gasteiger partial charge in [0.2, 0.25) is 0 Å². The van der Waals surface area contributed by atoms with E-state index in [4.69, 9.17) is 4.74 Å². The van der Waals surface area contributed by atoms with Crippen LogP contribution in [0.5, 0.6) is 5.75 Å². The van der Waals surface area contributed by atoms with Crippen molar-refractivity contribution < 1.29 is 19.4 Å². The van der Waals surface area contributed by atoms with Gasteiger partial charge in [0.05, 0.1) is 6.04 Å². The second-order valence-electron chi connectivity index (χ2n) is 5.53. The fraction of sp³-hybridized carbons (Fsp3) is 0.263. The van der Waals surface area contributed by atoms with Crippen molar-refractivity contribution in [2.75, 3.05) is 6.61 Å². The Bertz CT molecular complexity index is 710. The molecule has 2 aromatic rings. The van der Waals surface area contributed by atoms with E-state index in [0.29, 0.717) is 0 Å². The first-order valence-corrected chi connectivity index (χ1v) is 7.82. The maximum atomic E-state index is 12.0. The summed E-state index contributed by atoms with van der Waals surface area (Å²) < 4.78 is 4.96. The van der Waals surface area contributed by atoms with Gasteiger partial charge >= 0.3 is 5.97 Å². The molecular weight excluding hydrogens is 306 g/mol. The third-order valence-electron chi connectivity index (χ3n) is 3.68. The van der Waals surface area contributed by atoms with Crippen molar-refractivity contribution in [2.45, 2.75) is 26.3 Å². The number of carbonyl (C=O) groups is 2. The molecule has 24 heavy (non-hydrogen) atoms. The molecule has 0 unspecified atom stereocenters. The number of aryl methyl sites for hydroxylation is 1. The monoisotopic (exact) mass is 327 g/mol. The Labute approximate surface area is 141 Å². The second kappa shape index (κ2) is 8.15. The van der Waals surface area contributed by atoms with Crippen molar-refractivity contribution in [1.82, 2.24) is 5.32 Å². The number of nitrogens with one attached hydrogen (secondary N) is 1. The lowest BCUT2D eigenvalue weighted by Gasteiger charge is -2.17. The number of phenols is 1. The van der Waals surface area contributed by atoms with Crippen LogP contribution in [0.1, 0.15) is 40.9 Å². The van der Waals surface area contributed by atoms with Crippen molar-refractivity contribution in [3.05, 3.63) is 65.2 Å². The molecule has 1 amide bonds. The summed E-state index contributed by atoms with van der Waals surface area (Å²) in [7, 11) is 0. The van der Waals surface area contributed by atoms with Crippen LogP contribution >= 0.6 is 0 Å². The van der Waals surface area contributed by atoms with E-state index in [0.717, 1.165) is 17.5 Å². The molecule has 126 valence electrons. The molecule has 2 N–H and O–H groups in total. The van der Waals surface area contributed by atoms with Gasteiger partial charge in [-0.05, 0) is 31.0 Å². The van der Waals surface area contributed by atoms with Crippen molar-refractivity contribution in [1.29, 1.82) is 0 Å². The van der Waals surface area contributed by atoms with E-state index >= 15 is 0 Å². The Morgan fingerprint density at radius 1 is 1.12 bits per heavy atom. The number of rotatable bonds is 6. The van der Waals surface area contributed by atoms with Crippen LogP contribution in [0.2, 0.25) is 0 Å². The molecule has 0 bridgehead atoms. The summed E-state index contributed by atoms with van der Waals surface area (Å²) in [6.07, 6.45) is 0.724. The molecule has 2 aromatic carbocycles. The minimum atomic E-state index is -0.730. The molecule has 0 saturated heterocycles. The molecule has 5 heteroatoms. The van der Waals surface area contributed by atoms with Gasteiger partial charge in [-0.1, -0.05) is 48.9 Å². The zero-order valence-electron chi connectivity index (χ0n) is 13.8. The maximum absolute atomic E-state index is 12.0. The highest BCUT2D eigenvalue weighted by Gasteiger charge is 2.16. The van der Waals surface area contributed by atoms with E-state index in [1.807, 2.05) is 38.1 Å². The number of hydrogen-bond acceptors (Lipinski definition) is 4. The number of phenolic OH excluding ortho intramolecular Hbond substituents is 1. The molecule has 2 rings (SSSR count). The van der Waals surface area contributed by atoms with E-state index in [1.54, 1.807) is 12.1 Å². The molecule has 0 spiro atoms. The van der Waals surface area contributed by atoms with Crippen LogP contribution in [0, 0.1) is 6.92 Å². The Hall–Kier alpha value is -2.82. The summed E-state index contributed by atoms with van der Waals surface area (Å²) in [4.78, 5) is 23.9. The van der Waals surface area contributed by atoms with Gasteiger partial charge in [0, 0.05) is 0 Å². The summed E-state index contributed by atoms with van der Waals surface area (Å²) in [6, 6.07) is 13.8. The standard InChI is InChI=1S/C19H21NO4/c1-3-16(14-10-8-13(2)9-11-14)20-18(22)12-24-19(23)15-6-4-5-7-17(15)21/h4-11,16,21H,3,12H2,1-2H3,(H,20,22)/t16-/m0/s1. The second-order valence-corrected chi connectivity index (χ2v) is 5.53. The summed E-state index contributed by atoms with van der Waals surface area (Å²) >= 11 is 0. The number of esters is 1. The Kier molecular flexibility index (Phi) is 5.95. The molecule has 0 aromatic heterocycles. The predicted octanol–water partition coefficient (Wildman–Crippen LogP) is 3.12. The zero-order chi connectivity index (χ0) is 17.5. The van der Waals surface area contributed by atoms with Crippen molar-refractivity contribution in [3.8, 4) is 5.75 Å². The zero-order valence-corrected chi connectivity index (χ0v) is 13.8. The smallest absolute Gasteiger partial charge is 0.342 e. The highest BCUT2D eigenvalue weighted by atomic mass is 16.5. The molecule has 0 heterocycles. The lowest BCUT2D eigenvalue weighted by atomic mass is 10.0. The average Bonchev–Trinajstić information content (AvgIpc) is 2.59. The number of para-hydroxylation sites is 1. The number of carbonyl (C=O) groups excluding carboxylic acids is 2. The van der Waals surface area contributed by atoms with Gasteiger partial charge in [0.25, 0.3) is 5.91 Å². The lowest BCUT2D eigenvalue weighted by molar-refractivity contribution is -0.125. The molecule has 1 atom stereocenters. The maximum Gasteiger partial charge on any atom is 0.342 e. The fourth-order valence-electron chi connectivity index (χ4n) is 2.31. The molecule has 0 aliphatic carbocycles. The van der Waals surface area contributed by atoms with Crippen LogP contribution in [0.4, 0.5) is 0 Å². The van der Waals surface area contributed by atoms with Gasteiger partial charge in [-0.25, -0.2) is 4.79 Å². The number of benzene rings is 2. The van der Waals surface area contributed by atoms with Crippen molar-refractivity contribution in [2.24, 2.45) is 0 Å². The Balaban J connectivity index is 1.91. The Morgan fingerprint density at radius 3 is 2.42 bits per heavy atom. The highest BCUT2D eigenvalue weighted by molar-refractivity contribution is 5.93. The highest BCUT2D eigenvalue weighted by Crippen LogP contribution is 2.18. The molecule has 0 saturated carbocycles. The summed E-state index contributed by atoms with van der Waals surface area (Å²) in [5.74, 6) is -1.29. The first kappa shape index (κ1) is 17.5. The summed E-state index contributed by atoms with van der Waals surface area (Å²) in [5, 5.41) is 12.4. The van der Waals surface area contributed by atoms with Crippen LogP contribution in [-0.4, -0.2) is 23.6 Å². The van der Waals surface area contributed by atoms with Gasteiger partial charge in [-0.15, -0.1) is 0 Å². The minimum absolute atomic E-state index is 0.0378. The lowest BCUT2D eigenvalue weighted by Crippen LogP contribution is -2.32. The topological polar surface area (TPSA) is 75.6 Å². The molecule has 0 aliphatic heterocycles. The predicted molar refractivity (Wildman–Crippen MR) is 90.7 cm³/mol.